The van der Waals surface area contributed by atoms with Gasteiger partial charge in [-0.2, -0.15) is 4.98 Å². The Balaban J connectivity index is 2.04. The van der Waals surface area contributed by atoms with Crippen molar-refractivity contribution < 1.29 is 8.91 Å². The van der Waals surface area contributed by atoms with E-state index in [9.17, 15) is 4.39 Å². The number of hydrogen-bond acceptors (Lipinski definition) is 4. The fraction of sp³-hybridized carbons (Fsp3) is 0. The number of hydrogen-bond donors (Lipinski definition) is 1. The molecule has 0 bridgehead atoms. The first-order valence-electron chi connectivity index (χ1n) is 5.79. The van der Waals surface area contributed by atoms with Gasteiger partial charge in [-0.15, -0.1) is 0 Å². The highest BCUT2D eigenvalue weighted by atomic mass is 79.9. The lowest BCUT2D eigenvalue weighted by molar-refractivity contribution is 0.431. The minimum atomic E-state index is -0.383. The lowest BCUT2D eigenvalue weighted by Gasteiger charge is -1.99. The van der Waals surface area contributed by atoms with Crippen molar-refractivity contribution in [1.82, 2.24) is 10.1 Å². The number of aromatic nitrogens is 2. The first-order valence-corrected chi connectivity index (χ1v) is 6.58. The average Bonchev–Trinajstić information content (AvgIpc) is 2.91. The molecule has 0 spiro atoms. The van der Waals surface area contributed by atoms with E-state index in [0.717, 1.165) is 5.56 Å². The van der Waals surface area contributed by atoms with E-state index < -0.39 is 0 Å². The van der Waals surface area contributed by atoms with E-state index in [4.69, 9.17) is 10.3 Å². The molecule has 3 aromatic rings. The van der Waals surface area contributed by atoms with E-state index in [1.807, 2.05) is 6.07 Å². The van der Waals surface area contributed by atoms with Crippen LogP contribution in [0.4, 0.5) is 10.1 Å². The molecule has 20 heavy (non-hydrogen) atoms. The molecule has 1 aromatic heterocycles. The van der Waals surface area contributed by atoms with Crippen LogP contribution in [0.15, 0.2) is 51.5 Å². The van der Waals surface area contributed by atoms with Gasteiger partial charge in [0.25, 0.3) is 5.89 Å². The Morgan fingerprint density at radius 3 is 2.75 bits per heavy atom. The van der Waals surface area contributed by atoms with Gasteiger partial charge < -0.3 is 10.3 Å². The van der Waals surface area contributed by atoms with Crippen molar-refractivity contribution in [1.29, 1.82) is 0 Å². The van der Waals surface area contributed by atoms with Gasteiger partial charge in [0.1, 0.15) is 5.82 Å². The molecule has 100 valence electrons. The molecule has 0 aliphatic carbocycles. The third-order valence-electron chi connectivity index (χ3n) is 2.75. The lowest BCUT2D eigenvalue weighted by atomic mass is 10.2. The van der Waals surface area contributed by atoms with Crippen LogP contribution in [0.25, 0.3) is 22.8 Å². The zero-order valence-corrected chi connectivity index (χ0v) is 11.8. The van der Waals surface area contributed by atoms with Crippen molar-refractivity contribution in [3.8, 4) is 22.8 Å². The highest BCUT2D eigenvalue weighted by molar-refractivity contribution is 9.10. The Labute approximate surface area is 122 Å². The molecule has 4 nitrogen and oxygen atoms in total. The van der Waals surface area contributed by atoms with Crippen LogP contribution >= 0.6 is 15.9 Å². The maximum absolute atomic E-state index is 13.5. The van der Waals surface area contributed by atoms with E-state index in [-0.39, 0.29) is 11.7 Å². The largest absolute Gasteiger partial charge is 0.399 e. The Morgan fingerprint density at radius 2 is 1.95 bits per heavy atom. The Morgan fingerprint density at radius 1 is 1.15 bits per heavy atom. The first-order chi connectivity index (χ1) is 9.65. The Kier molecular flexibility index (Phi) is 3.23. The summed E-state index contributed by atoms with van der Waals surface area (Å²) in [5.41, 5.74) is 7.58. The van der Waals surface area contributed by atoms with Crippen LogP contribution < -0.4 is 5.73 Å². The molecule has 0 aliphatic rings. The second kappa shape index (κ2) is 5.05. The van der Waals surface area contributed by atoms with E-state index in [0.29, 0.717) is 21.5 Å². The molecule has 2 aromatic carbocycles. The molecule has 0 saturated heterocycles. The predicted octanol–water partition coefficient (Wildman–Crippen LogP) is 3.89. The molecular formula is C14H9BrFN3O. The standard InChI is InChI=1S/C14H9BrFN3O/c15-12-10(5-2-6-11(12)16)14-18-13(19-20-14)8-3-1-4-9(17)7-8/h1-7H,17H2. The molecular weight excluding hydrogens is 325 g/mol. The van der Waals surface area contributed by atoms with Gasteiger partial charge in [-0.05, 0) is 40.2 Å². The van der Waals surface area contributed by atoms with Gasteiger partial charge in [-0.25, -0.2) is 4.39 Å². The summed E-state index contributed by atoms with van der Waals surface area (Å²) in [6.07, 6.45) is 0. The summed E-state index contributed by atoms with van der Waals surface area (Å²) in [6.45, 7) is 0. The number of nitrogens with zero attached hydrogens (tertiary/aromatic N) is 2. The first kappa shape index (κ1) is 12.8. The molecule has 0 aliphatic heterocycles. The number of nitrogen functional groups attached to an aromatic ring is 1. The van der Waals surface area contributed by atoms with Gasteiger partial charge in [-0.3, -0.25) is 0 Å². The number of rotatable bonds is 2. The maximum Gasteiger partial charge on any atom is 0.259 e. The number of benzene rings is 2. The SMILES string of the molecule is Nc1cccc(-c2noc(-c3cccc(F)c3Br)n2)c1. The third-order valence-corrected chi connectivity index (χ3v) is 3.56. The molecule has 2 N–H and O–H groups in total. The van der Waals surface area contributed by atoms with Crippen LogP contribution in [0.2, 0.25) is 0 Å². The molecule has 3 rings (SSSR count). The molecule has 1 heterocycles. The summed E-state index contributed by atoms with van der Waals surface area (Å²) in [5.74, 6) is 0.267. The predicted molar refractivity (Wildman–Crippen MR) is 77.2 cm³/mol. The van der Waals surface area contributed by atoms with Crippen molar-refractivity contribution in [2.24, 2.45) is 0 Å². The minimum absolute atomic E-state index is 0.244. The fourth-order valence-electron chi connectivity index (χ4n) is 1.80. The van der Waals surface area contributed by atoms with Gasteiger partial charge in [0.05, 0.1) is 10.0 Å². The smallest absolute Gasteiger partial charge is 0.259 e. The van der Waals surface area contributed by atoms with Gasteiger partial charge in [0.2, 0.25) is 5.82 Å². The van der Waals surface area contributed by atoms with Crippen molar-refractivity contribution in [2.75, 3.05) is 5.73 Å². The van der Waals surface area contributed by atoms with E-state index in [2.05, 4.69) is 26.1 Å². The van der Waals surface area contributed by atoms with Crippen LogP contribution in [0.1, 0.15) is 0 Å². The van der Waals surface area contributed by atoms with E-state index in [1.165, 1.54) is 6.07 Å². The maximum atomic E-state index is 13.5. The van der Waals surface area contributed by atoms with Crippen LogP contribution in [0.3, 0.4) is 0 Å². The second-order valence-corrected chi connectivity index (χ2v) is 4.94. The zero-order valence-electron chi connectivity index (χ0n) is 10.2. The molecule has 0 unspecified atom stereocenters. The molecule has 0 fully saturated rings. The zero-order chi connectivity index (χ0) is 14.1. The molecule has 0 saturated carbocycles. The summed E-state index contributed by atoms with van der Waals surface area (Å²) >= 11 is 3.17. The Hall–Kier alpha value is -2.21. The monoisotopic (exact) mass is 333 g/mol. The van der Waals surface area contributed by atoms with Gasteiger partial charge >= 0.3 is 0 Å². The minimum Gasteiger partial charge on any atom is -0.399 e. The van der Waals surface area contributed by atoms with Crippen molar-refractivity contribution in [3.63, 3.8) is 0 Å². The average molecular weight is 334 g/mol. The van der Waals surface area contributed by atoms with Gasteiger partial charge in [0.15, 0.2) is 0 Å². The summed E-state index contributed by atoms with van der Waals surface area (Å²) in [7, 11) is 0. The summed E-state index contributed by atoms with van der Waals surface area (Å²) in [5, 5.41) is 3.89. The quantitative estimate of drug-likeness (QED) is 0.722. The van der Waals surface area contributed by atoms with Crippen molar-refractivity contribution >= 4 is 21.6 Å². The molecule has 0 radical (unpaired) electrons. The number of halogens is 2. The van der Waals surface area contributed by atoms with Gasteiger partial charge in [0, 0.05) is 11.3 Å². The highest BCUT2D eigenvalue weighted by Gasteiger charge is 2.15. The van der Waals surface area contributed by atoms with Crippen LogP contribution in [-0.2, 0) is 0 Å². The van der Waals surface area contributed by atoms with Crippen molar-refractivity contribution in [3.05, 3.63) is 52.8 Å². The third kappa shape index (κ3) is 2.30. The number of anilines is 1. The summed E-state index contributed by atoms with van der Waals surface area (Å²) in [4.78, 5) is 4.26. The summed E-state index contributed by atoms with van der Waals surface area (Å²) < 4.78 is 19.0. The van der Waals surface area contributed by atoms with E-state index in [1.54, 1.807) is 30.3 Å². The van der Waals surface area contributed by atoms with Crippen LogP contribution in [-0.4, -0.2) is 10.1 Å². The molecule has 0 atom stereocenters. The topological polar surface area (TPSA) is 64.9 Å². The van der Waals surface area contributed by atoms with Crippen LogP contribution in [0, 0.1) is 5.82 Å². The van der Waals surface area contributed by atoms with Crippen LogP contribution in [0.5, 0.6) is 0 Å². The summed E-state index contributed by atoms with van der Waals surface area (Å²) in [6, 6.07) is 11.8. The van der Waals surface area contributed by atoms with E-state index >= 15 is 0 Å². The van der Waals surface area contributed by atoms with Gasteiger partial charge in [-0.1, -0.05) is 23.4 Å². The fourth-order valence-corrected chi connectivity index (χ4v) is 2.23. The Bertz CT molecular complexity index is 773. The lowest BCUT2D eigenvalue weighted by Crippen LogP contribution is -1.87. The van der Waals surface area contributed by atoms with Crippen molar-refractivity contribution in [2.45, 2.75) is 0 Å². The molecule has 6 heteroatoms. The second-order valence-electron chi connectivity index (χ2n) is 4.15. The normalized spacial score (nSPS) is 10.7. The number of nitrogens with two attached hydrogens (primary N) is 1. The highest BCUT2D eigenvalue weighted by Crippen LogP contribution is 2.30. The molecule has 0 amide bonds.